The standard InChI is InChI=1S/C18H12N6O10S/c25-15-6-5-12(20-19-9-1-3-11(4-2-9)35(32,33)34)18(27)16(15)22-21-13-7-10(23(28)29)8-14(17(13)26)24(30)31/h1-8,19,21,26H,(H,32,33,34)/b20-12-,22-16-. The second-order valence-corrected chi connectivity index (χ2v) is 8.00. The molecule has 4 N–H and O–H groups in total. The Labute approximate surface area is 192 Å². The van der Waals surface area contributed by atoms with E-state index < -0.39 is 59.0 Å². The van der Waals surface area contributed by atoms with Crippen molar-refractivity contribution in [3.8, 4) is 5.75 Å². The molecule has 0 heterocycles. The Morgan fingerprint density at radius 3 is 2.11 bits per heavy atom. The number of benzene rings is 3. The normalized spacial score (nSPS) is 12.4. The molecule has 17 heteroatoms. The van der Waals surface area contributed by atoms with Gasteiger partial charge >= 0.3 is 5.69 Å². The van der Waals surface area contributed by atoms with Crippen LogP contribution in [0.3, 0.4) is 0 Å². The highest BCUT2D eigenvalue weighted by Crippen LogP contribution is 2.37. The van der Waals surface area contributed by atoms with E-state index in [1.807, 2.05) is 5.43 Å². The van der Waals surface area contributed by atoms with Gasteiger partial charge in [0.2, 0.25) is 16.6 Å². The Kier molecular flexibility index (Phi) is 6.65. The maximum Gasteiger partial charge on any atom is 0.319 e. The number of nitro groups is 2. The molecule has 0 bridgehead atoms. The Hall–Kier alpha value is -5.03. The highest BCUT2D eigenvalue weighted by molar-refractivity contribution is 7.85. The van der Waals surface area contributed by atoms with Crippen LogP contribution in [0.25, 0.3) is 0 Å². The van der Waals surface area contributed by atoms with Gasteiger partial charge < -0.3 is 5.11 Å². The minimum atomic E-state index is -4.41. The summed E-state index contributed by atoms with van der Waals surface area (Å²) in [6.45, 7) is 0. The van der Waals surface area contributed by atoms with Gasteiger partial charge in [-0.3, -0.25) is 45.2 Å². The van der Waals surface area contributed by atoms with Gasteiger partial charge in [0.15, 0.2) is 5.36 Å². The lowest BCUT2D eigenvalue weighted by molar-refractivity contribution is -0.394. The van der Waals surface area contributed by atoms with Crippen molar-refractivity contribution in [1.82, 2.24) is 0 Å². The van der Waals surface area contributed by atoms with Crippen LogP contribution in [-0.4, -0.2) is 27.9 Å². The van der Waals surface area contributed by atoms with E-state index in [9.17, 15) is 43.3 Å². The first-order chi connectivity index (χ1) is 16.4. The molecule has 0 fully saturated rings. The monoisotopic (exact) mass is 504 g/mol. The van der Waals surface area contributed by atoms with E-state index >= 15 is 0 Å². The smallest absolute Gasteiger partial charge is 0.319 e. The highest BCUT2D eigenvalue weighted by Gasteiger charge is 2.24. The van der Waals surface area contributed by atoms with Gasteiger partial charge in [-0.05, 0) is 36.4 Å². The van der Waals surface area contributed by atoms with Gasteiger partial charge in [-0.15, -0.1) is 0 Å². The highest BCUT2D eigenvalue weighted by atomic mass is 32.2. The zero-order valence-corrected chi connectivity index (χ0v) is 17.8. The van der Waals surface area contributed by atoms with Gasteiger partial charge in [0.05, 0.1) is 26.5 Å². The average molecular weight is 504 g/mol. The van der Waals surface area contributed by atoms with Crippen LogP contribution in [0.15, 0.2) is 73.2 Å². The number of rotatable bonds is 7. The van der Waals surface area contributed by atoms with Crippen LogP contribution >= 0.6 is 0 Å². The molecular formula is C18H12N6O10S. The number of aromatic hydroxyl groups is 1. The predicted molar refractivity (Wildman–Crippen MR) is 117 cm³/mol. The number of hydrogen-bond acceptors (Lipinski definition) is 13. The van der Waals surface area contributed by atoms with Crippen LogP contribution in [0.2, 0.25) is 0 Å². The molecule has 0 saturated heterocycles. The molecule has 0 spiro atoms. The number of hydrogen-bond donors (Lipinski definition) is 4. The molecular weight excluding hydrogens is 492 g/mol. The van der Waals surface area contributed by atoms with Gasteiger partial charge in [0.25, 0.3) is 15.8 Å². The molecule has 0 aromatic heterocycles. The van der Waals surface area contributed by atoms with Gasteiger partial charge in [0, 0.05) is 6.07 Å². The van der Waals surface area contributed by atoms with Crippen molar-refractivity contribution in [2.75, 3.05) is 10.9 Å². The molecule has 0 radical (unpaired) electrons. The summed E-state index contributed by atoms with van der Waals surface area (Å²) in [5.41, 5.74) is 0.437. The van der Waals surface area contributed by atoms with Crippen LogP contribution in [0.5, 0.6) is 5.75 Å². The number of phenolic OH excluding ortho intramolecular Hbond substituents is 1. The average Bonchev–Trinajstić information content (AvgIpc) is 2.78. The fraction of sp³-hybridized carbons (Fsp3) is 0. The Morgan fingerprint density at radius 2 is 1.54 bits per heavy atom. The number of phenols is 1. The lowest BCUT2D eigenvalue weighted by Crippen LogP contribution is -2.47. The zero-order valence-electron chi connectivity index (χ0n) is 17.0. The van der Waals surface area contributed by atoms with Crippen molar-refractivity contribution in [3.05, 3.63) is 99.9 Å². The van der Waals surface area contributed by atoms with E-state index in [2.05, 4.69) is 15.6 Å². The summed E-state index contributed by atoms with van der Waals surface area (Å²) in [5.74, 6) is -1.01. The van der Waals surface area contributed by atoms with Crippen LogP contribution in [-0.2, 0) is 10.1 Å². The van der Waals surface area contributed by atoms with Crippen molar-refractivity contribution in [2.45, 2.75) is 4.90 Å². The van der Waals surface area contributed by atoms with Crippen LogP contribution in [0.4, 0.5) is 22.7 Å². The predicted octanol–water partition coefficient (Wildman–Crippen LogP) is -0.0931. The molecule has 0 saturated carbocycles. The third-order valence-electron chi connectivity index (χ3n) is 4.30. The van der Waals surface area contributed by atoms with E-state index in [0.29, 0.717) is 12.1 Å². The number of nitro benzene ring substituents is 2. The van der Waals surface area contributed by atoms with E-state index in [1.165, 1.54) is 12.1 Å². The largest absolute Gasteiger partial charge is 0.501 e. The molecule has 0 unspecified atom stereocenters. The quantitative estimate of drug-likeness (QED) is 0.143. The maximum atomic E-state index is 12.6. The topological polar surface area (TPSA) is 244 Å². The summed E-state index contributed by atoms with van der Waals surface area (Å²) in [6, 6.07) is 7.84. The first-order valence-corrected chi connectivity index (χ1v) is 10.5. The summed E-state index contributed by atoms with van der Waals surface area (Å²) >= 11 is 0. The number of nitrogens with zero attached hydrogens (tertiary/aromatic N) is 4. The van der Waals surface area contributed by atoms with Crippen LogP contribution in [0.1, 0.15) is 0 Å². The molecule has 0 amide bonds. The summed E-state index contributed by atoms with van der Waals surface area (Å²) in [7, 11) is -4.41. The fourth-order valence-electron chi connectivity index (χ4n) is 2.61. The lowest BCUT2D eigenvalue weighted by Gasteiger charge is -2.04. The summed E-state index contributed by atoms with van der Waals surface area (Å²) < 4.78 is 31.1. The number of non-ortho nitro benzene ring substituents is 1. The van der Waals surface area contributed by atoms with Crippen molar-refractivity contribution in [2.24, 2.45) is 10.2 Å². The molecule has 0 aliphatic carbocycles. The first kappa shape index (κ1) is 24.6. The number of anilines is 2. The van der Waals surface area contributed by atoms with E-state index in [1.54, 1.807) is 0 Å². The third kappa shape index (κ3) is 5.49. The second kappa shape index (κ2) is 9.45. The molecule has 0 aliphatic rings. The van der Waals surface area contributed by atoms with Crippen LogP contribution < -0.4 is 32.4 Å². The lowest BCUT2D eigenvalue weighted by atomic mass is 10.2. The van der Waals surface area contributed by atoms with Crippen molar-refractivity contribution in [3.63, 3.8) is 0 Å². The fourth-order valence-corrected chi connectivity index (χ4v) is 3.09. The van der Waals surface area contributed by atoms with E-state index in [-0.39, 0.29) is 15.9 Å². The number of nitrogens with one attached hydrogen (secondary N) is 2. The summed E-state index contributed by atoms with van der Waals surface area (Å²) in [5, 5.41) is 38.3. The zero-order chi connectivity index (χ0) is 25.9. The maximum absolute atomic E-state index is 12.6. The van der Waals surface area contributed by atoms with E-state index in [0.717, 1.165) is 24.3 Å². The Balaban J connectivity index is 2.00. The minimum Gasteiger partial charge on any atom is -0.501 e. The van der Waals surface area contributed by atoms with E-state index in [4.69, 9.17) is 4.55 Å². The third-order valence-corrected chi connectivity index (χ3v) is 5.17. The van der Waals surface area contributed by atoms with Gasteiger partial charge in [-0.25, -0.2) is 0 Å². The second-order valence-electron chi connectivity index (χ2n) is 6.58. The van der Waals surface area contributed by atoms with Crippen molar-refractivity contribution < 1.29 is 27.9 Å². The molecule has 0 atom stereocenters. The van der Waals surface area contributed by atoms with Gasteiger partial charge in [0.1, 0.15) is 11.0 Å². The summed E-state index contributed by atoms with van der Waals surface area (Å²) in [4.78, 5) is 44.3. The van der Waals surface area contributed by atoms with Gasteiger partial charge in [-0.1, -0.05) is 0 Å². The summed E-state index contributed by atoms with van der Waals surface area (Å²) in [6.07, 6.45) is 0. The molecule has 180 valence electrons. The molecule has 3 aromatic rings. The van der Waals surface area contributed by atoms with Crippen molar-refractivity contribution in [1.29, 1.82) is 0 Å². The van der Waals surface area contributed by atoms with Crippen LogP contribution in [0, 0.1) is 20.2 Å². The first-order valence-electron chi connectivity index (χ1n) is 9.06. The Morgan fingerprint density at radius 1 is 0.886 bits per heavy atom. The molecule has 16 nitrogen and oxygen atoms in total. The van der Waals surface area contributed by atoms with Gasteiger partial charge in [-0.2, -0.15) is 18.6 Å². The van der Waals surface area contributed by atoms with Crippen molar-refractivity contribution >= 4 is 32.9 Å². The molecule has 3 rings (SSSR count). The minimum absolute atomic E-state index is 0.216. The Bertz CT molecular complexity index is 1680. The molecule has 0 aliphatic heterocycles. The molecule has 35 heavy (non-hydrogen) atoms. The molecule has 3 aromatic carbocycles. The SMILES string of the molecule is O=c1cc/c(=N/Nc2ccc(S(=O)(=O)O)cc2)c(=O)/c1=N\Nc1cc([N+](=O)[O-])cc([N+](=O)[O-])c1O.